The molecule has 2 nitrogen and oxygen atoms in total. The van der Waals surface area contributed by atoms with Crippen molar-refractivity contribution in [3.63, 3.8) is 0 Å². The van der Waals surface area contributed by atoms with Crippen molar-refractivity contribution in [1.29, 1.82) is 0 Å². The smallest absolute Gasteiger partial charge is 0.376 e. The Bertz CT molecular complexity index is 177. The van der Waals surface area contributed by atoms with Gasteiger partial charge in [-0.15, -0.1) is 0 Å². The van der Waals surface area contributed by atoms with Crippen LogP contribution in [0.3, 0.4) is 0 Å². The van der Waals surface area contributed by atoms with Gasteiger partial charge in [0.25, 0.3) is 5.76 Å². The van der Waals surface area contributed by atoms with E-state index < -0.39 is 8.32 Å². The Morgan fingerprint density at radius 3 is 2.00 bits per heavy atom. The summed E-state index contributed by atoms with van der Waals surface area (Å²) in [6.07, 6.45) is 1.53. The van der Waals surface area contributed by atoms with Gasteiger partial charge in [-0.05, 0) is 6.92 Å². The molecule has 0 fully saturated rings. The zero-order valence-electron chi connectivity index (χ0n) is 7.89. The maximum atomic E-state index is 10.6. The van der Waals surface area contributed by atoms with Gasteiger partial charge < -0.3 is 4.43 Å². The van der Waals surface area contributed by atoms with Crippen molar-refractivity contribution in [1.82, 2.24) is 0 Å². The number of carbonyl (C=O) groups excluding carboxylic acids is 1. The maximum Gasteiger partial charge on any atom is 0.508 e. The maximum absolute atomic E-state index is 10.6. The van der Waals surface area contributed by atoms with Crippen LogP contribution < -0.4 is 0 Å². The minimum atomic E-state index is -1.51. The fourth-order valence-corrected chi connectivity index (χ4v) is 1.82. The number of rotatable bonds is 3. The predicted octanol–water partition coefficient (Wildman–Crippen LogP) is 2.33. The van der Waals surface area contributed by atoms with E-state index in [9.17, 15) is 4.79 Å². The number of carbonyl (C=O) groups is 1. The molecule has 0 rings (SSSR count). The van der Waals surface area contributed by atoms with Crippen molar-refractivity contribution in [2.24, 2.45) is 0 Å². The van der Waals surface area contributed by atoms with Crippen LogP contribution in [0.2, 0.25) is 19.6 Å². The third-order valence-electron chi connectivity index (χ3n) is 0.874. The van der Waals surface area contributed by atoms with Gasteiger partial charge in [0.1, 0.15) is 0 Å². The normalized spacial score (nSPS) is 13.0. The molecule has 0 aliphatic heterocycles. The lowest BCUT2D eigenvalue weighted by Crippen LogP contribution is -2.24. The largest absolute Gasteiger partial charge is 0.508 e. The van der Waals surface area contributed by atoms with Gasteiger partial charge in [-0.3, -0.25) is 4.79 Å². The van der Waals surface area contributed by atoms with Crippen LogP contribution in [-0.2, 0) is 9.22 Å². The molecule has 0 atom stereocenters. The van der Waals surface area contributed by atoms with E-state index in [1.807, 2.05) is 6.92 Å². The molecule has 3 heteroatoms. The highest BCUT2D eigenvalue weighted by Crippen LogP contribution is 2.09. The van der Waals surface area contributed by atoms with Gasteiger partial charge in [0.15, 0.2) is 5.78 Å². The highest BCUT2D eigenvalue weighted by atomic mass is 28.4. The van der Waals surface area contributed by atoms with Crippen molar-refractivity contribution in [2.45, 2.75) is 33.5 Å². The Labute approximate surface area is 69.4 Å². The third-order valence-corrected chi connectivity index (χ3v) is 1.81. The molecule has 0 aromatic carbocycles. The lowest BCUT2D eigenvalue weighted by Gasteiger charge is -2.01. The summed E-state index contributed by atoms with van der Waals surface area (Å²) in [6, 6.07) is 0. The molecule has 63 valence electrons. The minimum Gasteiger partial charge on any atom is -0.376 e. The second-order valence-electron chi connectivity index (χ2n) is 3.58. The second kappa shape index (κ2) is 3.71. The summed E-state index contributed by atoms with van der Waals surface area (Å²) in [5, 5.41) is 0. The van der Waals surface area contributed by atoms with Gasteiger partial charge in [0, 0.05) is 26.6 Å². The number of hydrogen-bond donors (Lipinski definition) is 0. The Balaban J connectivity index is 4.07. The molecule has 1 radical (unpaired) electrons. The molecule has 11 heavy (non-hydrogen) atoms. The van der Waals surface area contributed by atoms with Gasteiger partial charge in [0.05, 0.1) is 6.08 Å². The Morgan fingerprint density at radius 2 is 1.73 bits per heavy atom. The van der Waals surface area contributed by atoms with Crippen molar-refractivity contribution >= 4 is 14.1 Å². The Hall–Kier alpha value is -0.573. The molecule has 0 aliphatic rings. The SMILES string of the molecule is CC(=O)C=C(C)[O+][Si](C)(C)C. The van der Waals surface area contributed by atoms with Crippen molar-refractivity contribution in [3.8, 4) is 0 Å². The summed E-state index contributed by atoms with van der Waals surface area (Å²) in [6.45, 7) is 9.61. The van der Waals surface area contributed by atoms with E-state index in [4.69, 9.17) is 4.43 Å². The average molecular weight is 172 g/mol. The van der Waals surface area contributed by atoms with E-state index in [0.717, 1.165) is 5.76 Å². The summed E-state index contributed by atoms with van der Waals surface area (Å²) in [7, 11) is -1.51. The molecule has 0 aliphatic carbocycles. The minimum absolute atomic E-state index is 0.0424. The van der Waals surface area contributed by atoms with E-state index in [1.165, 1.54) is 13.0 Å². The van der Waals surface area contributed by atoms with Crippen LogP contribution in [0.1, 0.15) is 13.8 Å². The first-order valence-corrected chi connectivity index (χ1v) is 7.10. The first-order valence-electron chi connectivity index (χ1n) is 3.69. The first-order chi connectivity index (χ1) is 4.81. The Kier molecular flexibility index (Phi) is 3.52. The number of hydrogen-bond acceptors (Lipinski definition) is 2. The molecule has 0 aromatic heterocycles. The molecule has 0 amide bonds. The lowest BCUT2D eigenvalue weighted by molar-refractivity contribution is -0.112. The van der Waals surface area contributed by atoms with E-state index >= 15 is 0 Å². The number of ketones is 1. The summed E-state index contributed by atoms with van der Waals surface area (Å²) in [4.78, 5) is 10.6. The van der Waals surface area contributed by atoms with Crippen LogP contribution in [0.15, 0.2) is 11.8 Å². The molecular weight excluding hydrogens is 156 g/mol. The predicted molar refractivity (Wildman–Crippen MR) is 48.9 cm³/mol. The van der Waals surface area contributed by atoms with Crippen LogP contribution in [0, 0.1) is 0 Å². The fourth-order valence-electron chi connectivity index (χ4n) is 0.799. The zero-order valence-corrected chi connectivity index (χ0v) is 8.89. The van der Waals surface area contributed by atoms with Crippen molar-refractivity contribution in [3.05, 3.63) is 11.8 Å². The standard InChI is InChI=1S/C8H16O2Si/c1-7(9)6-8(2)10-11(3,4)5/h6H,1-5H3/q+1. The van der Waals surface area contributed by atoms with Gasteiger partial charge in [-0.1, -0.05) is 0 Å². The molecule has 0 N–H and O–H groups in total. The van der Waals surface area contributed by atoms with Crippen LogP contribution >= 0.6 is 0 Å². The highest BCUT2D eigenvalue weighted by Gasteiger charge is 2.33. The summed E-state index contributed by atoms with van der Waals surface area (Å²) >= 11 is 0. The van der Waals surface area contributed by atoms with Crippen LogP contribution in [0.4, 0.5) is 0 Å². The molecular formula is C8H16O2Si+. The summed E-state index contributed by atoms with van der Waals surface area (Å²) in [5.74, 6) is 0.775. The van der Waals surface area contributed by atoms with Crippen molar-refractivity contribution in [2.75, 3.05) is 0 Å². The Morgan fingerprint density at radius 1 is 1.27 bits per heavy atom. The van der Waals surface area contributed by atoms with Gasteiger partial charge >= 0.3 is 8.32 Å². The molecule has 0 unspecified atom stereocenters. The molecule has 0 saturated heterocycles. The molecule has 0 saturated carbocycles. The molecule has 0 heterocycles. The zero-order chi connectivity index (χ0) is 9.07. The molecule has 0 bridgehead atoms. The van der Waals surface area contributed by atoms with Gasteiger partial charge in [-0.2, -0.15) is 0 Å². The highest BCUT2D eigenvalue weighted by molar-refractivity contribution is 6.70. The molecule has 0 aromatic rings. The third kappa shape index (κ3) is 7.32. The van der Waals surface area contributed by atoms with E-state index in [0.29, 0.717) is 0 Å². The number of allylic oxidation sites excluding steroid dienone is 2. The topological polar surface area (TPSA) is 28.4 Å². The monoisotopic (exact) mass is 172 g/mol. The fraction of sp³-hybridized carbons (Fsp3) is 0.625. The quantitative estimate of drug-likeness (QED) is 0.283. The first kappa shape index (κ1) is 10.4. The van der Waals surface area contributed by atoms with Crippen LogP contribution in [-0.4, -0.2) is 14.1 Å². The molecule has 0 spiro atoms. The van der Waals surface area contributed by atoms with Gasteiger partial charge in [-0.25, -0.2) is 0 Å². The van der Waals surface area contributed by atoms with Gasteiger partial charge in [0.2, 0.25) is 0 Å². The second-order valence-corrected chi connectivity index (χ2v) is 8.01. The van der Waals surface area contributed by atoms with E-state index in [2.05, 4.69) is 19.6 Å². The van der Waals surface area contributed by atoms with Crippen LogP contribution in [0.25, 0.3) is 0 Å². The van der Waals surface area contributed by atoms with E-state index in [1.54, 1.807) is 0 Å². The van der Waals surface area contributed by atoms with E-state index in [-0.39, 0.29) is 5.78 Å². The summed E-state index contributed by atoms with van der Waals surface area (Å²) in [5.41, 5.74) is 0. The average Bonchev–Trinajstić information content (AvgIpc) is 1.53. The lowest BCUT2D eigenvalue weighted by atomic mass is 10.4. The summed E-state index contributed by atoms with van der Waals surface area (Å²) < 4.78 is 5.53. The van der Waals surface area contributed by atoms with Crippen LogP contribution in [0.5, 0.6) is 0 Å². The van der Waals surface area contributed by atoms with Crippen molar-refractivity contribution < 1.29 is 9.22 Å².